The number of ketones is 1. The first-order valence-electron chi connectivity index (χ1n) is 7.08. The highest BCUT2D eigenvalue weighted by atomic mass is 32.2. The van der Waals surface area contributed by atoms with Crippen LogP contribution in [0.25, 0.3) is 0 Å². The number of hydrogen-bond acceptors (Lipinski definition) is 5. The number of nitrogens with two attached hydrogens (primary N) is 1. The van der Waals surface area contributed by atoms with Crippen molar-refractivity contribution in [3.8, 4) is 0 Å². The van der Waals surface area contributed by atoms with Crippen LogP contribution in [0.15, 0.2) is 34.3 Å². The van der Waals surface area contributed by atoms with Gasteiger partial charge in [-0.05, 0) is 24.0 Å². The van der Waals surface area contributed by atoms with Gasteiger partial charge in [0.05, 0.1) is 10.5 Å². The van der Waals surface area contributed by atoms with Crippen LogP contribution in [0.1, 0.15) is 43.5 Å². The molecular weight excluding hydrogens is 318 g/mol. The van der Waals surface area contributed by atoms with Gasteiger partial charge in [-0.25, -0.2) is 19.0 Å². The van der Waals surface area contributed by atoms with E-state index in [2.05, 4.69) is 10.5 Å². The number of sulfonamides is 1. The van der Waals surface area contributed by atoms with E-state index in [4.69, 9.17) is 5.14 Å². The third-order valence-electron chi connectivity index (χ3n) is 3.51. The number of benzene rings is 1. The summed E-state index contributed by atoms with van der Waals surface area (Å²) in [6.07, 6.45) is 1.27. The minimum Gasteiger partial charge on any atom is -0.299 e. The molecule has 124 valence electrons. The lowest BCUT2D eigenvalue weighted by atomic mass is 9.76. The molecule has 1 aliphatic carbocycles. The molecule has 3 N–H and O–H groups in total. The Bertz CT molecular complexity index is 782. The molecule has 0 aliphatic heterocycles. The van der Waals surface area contributed by atoms with Gasteiger partial charge in [-0.3, -0.25) is 9.59 Å². The topological polar surface area (TPSA) is 119 Å². The van der Waals surface area contributed by atoms with Crippen molar-refractivity contribution < 1.29 is 18.0 Å². The van der Waals surface area contributed by atoms with E-state index < -0.39 is 15.9 Å². The van der Waals surface area contributed by atoms with Gasteiger partial charge < -0.3 is 0 Å². The quantitative estimate of drug-likeness (QED) is 0.805. The van der Waals surface area contributed by atoms with Crippen molar-refractivity contribution in [2.24, 2.45) is 15.7 Å². The summed E-state index contributed by atoms with van der Waals surface area (Å²) in [5.41, 5.74) is 2.61. The number of Topliss-reactive ketones (excluding diaryl/α,β-unsaturated/α-hetero) is 1. The fourth-order valence-electron chi connectivity index (χ4n) is 2.67. The van der Waals surface area contributed by atoms with Crippen molar-refractivity contribution >= 4 is 27.4 Å². The Morgan fingerprint density at radius 2 is 1.91 bits per heavy atom. The van der Waals surface area contributed by atoms with Gasteiger partial charge in [0, 0.05) is 18.6 Å². The summed E-state index contributed by atoms with van der Waals surface area (Å²) in [6, 6.07) is 5.62. The van der Waals surface area contributed by atoms with Crippen LogP contribution >= 0.6 is 0 Å². The predicted octanol–water partition coefficient (Wildman–Crippen LogP) is 1.20. The summed E-state index contributed by atoms with van der Waals surface area (Å²) in [7, 11) is -4.01. The molecule has 0 bridgehead atoms. The van der Waals surface area contributed by atoms with E-state index in [0.717, 1.165) is 0 Å². The van der Waals surface area contributed by atoms with Crippen molar-refractivity contribution in [1.82, 2.24) is 5.43 Å². The van der Waals surface area contributed by atoms with E-state index >= 15 is 0 Å². The summed E-state index contributed by atoms with van der Waals surface area (Å²) in [5.74, 6) is -0.614. The second-order valence-electron chi connectivity index (χ2n) is 6.39. The molecule has 0 saturated heterocycles. The number of primary sulfonamides is 1. The van der Waals surface area contributed by atoms with Crippen LogP contribution in [-0.2, 0) is 14.8 Å². The maximum atomic E-state index is 12.2. The zero-order valence-electron chi connectivity index (χ0n) is 13.0. The van der Waals surface area contributed by atoms with Crippen LogP contribution in [-0.4, -0.2) is 25.8 Å². The highest BCUT2D eigenvalue weighted by Gasteiger charge is 2.30. The molecule has 1 aromatic rings. The van der Waals surface area contributed by atoms with Crippen LogP contribution in [0.5, 0.6) is 0 Å². The predicted molar refractivity (Wildman–Crippen MR) is 85.4 cm³/mol. The lowest BCUT2D eigenvalue weighted by Gasteiger charge is -2.29. The maximum Gasteiger partial charge on any atom is 0.272 e. The van der Waals surface area contributed by atoms with Gasteiger partial charge in [0.1, 0.15) is 5.78 Å². The molecular formula is C15H19N3O4S. The SMILES string of the molecule is CC1(C)CC(=O)CC(=NNC(=O)c2ccccc2S(N)(=O)=O)C1. The molecule has 2 rings (SSSR count). The van der Waals surface area contributed by atoms with E-state index in [0.29, 0.717) is 18.6 Å². The van der Waals surface area contributed by atoms with Crippen LogP contribution in [0.2, 0.25) is 0 Å². The van der Waals surface area contributed by atoms with E-state index in [1.807, 2.05) is 13.8 Å². The Kier molecular flexibility index (Phi) is 4.67. The standard InChI is InChI=1S/C15H19N3O4S/c1-15(2)8-10(7-11(19)9-15)17-18-14(20)12-5-3-4-6-13(12)23(16,21)22/h3-6H,7-9H2,1-2H3,(H,18,20)(H2,16,21,22). The lowest BCUT2D eigenvalue weighted by Crippen LogP contribution is -2.31. The molecule has 0 aromatic heterocycles. The van der Waals surface area contributed by atoms with Gasteiger partial charge in [-0.15, -0.1) is 0 Å². The molecule has 1 amide bonds. The molecule has 1 saturated carbocycles. The Labute approximate surface area is 135 Å². The largest absolute Gasteiger partial charge is 0.299 e. The van der Waals surface area contributed by atoms with Crippen molar-refractivity contribution in [3.63, 3.8) is 0 Å². The normalized spacial score (nSPS) is 19.6. The van der Waals surface area contributed by atoms with Gasteiger partial charge in [0.15, 0.2) is 0 Å². The van der Waals surface area contributed by atoms with Crippen LogP contribution < -0.4 is 10.6 Å². The highest BCUT2D eigenvalue weighted by molar-refractivity contribution is 7.89. The maximum absolute atomic E-state index is 12.2. The minimum absolute atomic E-state index is 0.0687. The first-order chi connectivity index (χ1) is 10.6. The Morgan fingerprint density at radius 1 is 1.26 bits per heavy atom. The zero-order chi connectivity index (χ0) is 17.3. The Morgan fingerprint density at radius 3 is 2.52 bits per heavy atom. The number of carbonyl (C=O) groups is 2. The average Bonchev–Trinajstić information content (AvgIpc) is 2.41. The number of rotatable bonds is 3. The first-order valence-corrected chi connectivity index (χ1v) is 8.62. The van der Waals surface area contributed by atoms with E-state index in [9.17, 15) is 18.0 Å². The zero-order valence-corrected chi connectivity index (χ0v) is 13.8. The molecule has 0 atom stereocenters. The second-order valence-corrected chi connectivity index (χ2v) is 7.92. The minimum atomic E-state index is -4.01. The average molecular weight is 337 g/mol. The number of carbonyl (C=O) groups excluding carboxylic acids is 2. The van der Waals surface area contributed by atoms with E-state index in [1.165, 1.54) is 24.3 Å². The number of nitrogens with one attached hydrogen (secondary N) is 1. The summed E-state index contributed by atoms with van der Waals surface area (Å²) >= 11 is 0. The summed E-state index contributed by atoms with van der Waals surface area (Å²) in [4.78, 5) is 23.6. The molecule has 1 aromatic carbocycles. The smallest absolute Gasteiger partial charge is 0.272 e. The molecule has 8 heteroatoms. The summed E-state index contributed by atoms with van der Waals surface area (Å²) in [6.45, 7) is 3.91. The Hall–Kier alpha value is -2.06. The molecule has 0 heterocycles. The number of nitrogens with zero attached hydrogens (tertiary/aromatic N) is 1. The van der Waals surface area contributed by atoms with Crippen LogP contribution in [0.3, 0.4) is 0 Å². The van der Waals surface area contributed by atoms with Crippen molar-refractivity contribution in [2.45, 2.75) is 38.0 Å². The van der Waals surface area contributed by atoms with Crippen molar-refractivity contribution in [2.75, 3.05) is 0 Å². The third kappa shape index (κ3) is 4.46. The van der Waals surface area contributed by atoms with Gasteiger partial charge in [-0.2, -0.15) is 5.10 Å². The van der Waals surface area contributed by atoms with Gasteiger partial charge in [0.25, 0.3) is 5.91 Å². The first kappa shape index (κ1) is 17.3. The number of hydrazone groups is 1. The molecule has 1 aliphatic rings. The molecule has 1 fully saturated rings. The summed E-state index contributed by atoms with van der Waals surface area (Å²) in [5, 5.41) is 9.09. The van der Waals surface area contributed by atoms with Gasteiger partial charge >= 0.3 is 0 Å². The molecule has 23 heavy (non-hydrogen) atoms. The highest BCUT2D eigenvalue weighted by Crippen LogP contribution is 2.31. The lowest BCUT2D eigenvalue weighted by molar-refractivity contribution is -0.120. The van der Waals surface area contributed by atoms with Crippen LogP contribution in [0.4, 0.5) is 0 Å². The number of amides is 1. The Balaban J connectivity index is 2.21. The third-order valence-corrected chi connectivity index (χ3v) is 4.48. The van der Waals surface area contributed by atoms with Crippen LogP contribution in [0, 0.1) is 5.41 Å². The fraction of sp³-hybridized carbons (Fsp3) is 0.400. The molecule has 0 unspecified atom stereocenters. The molecule has 0 radical (unpaired) electrons. The summed E-state index contributed by atoms with van der Waals surface area (Å²) < 4.78 is 23.0. The van der Waals surface area contributed by atoms with Crippen molar-refractivity contribution in [3.05, 3.63) is 29.8 Å². The second kappa shape index (κ2) is 6.21. The van der Waals surface area contributed by atoms with Gasteiger partial charge in [-0.1, -0.05) is 26.0 Å². The number of hydrogen-bond donors (Lipinski definition) is 2. The molecule has 7 nitrogen and oxygen atoms in total. The fourth-order valence-corrected chi connectivity index (χ4v) is 3.41. The van der Waals surface area contributed by atoms with E-state index in [1.54, 1.807) is 0 Å². The molecule has 0 spiro atoms. The van der Waals surface area contributed by atoms with E-state index in [-0.39, 0.29) is 28.1 Å². The van der Waals surface area contributed by atoms with Gasteiger partial charge in [0.2, 0.25) is 10.0 Å². The van der Waals surface area contributed by atoms with Crippen molar-refractivity contribution in [1.29, 1.82) is 0 Å². The monoisotopic (exact) mass is 337 g/mol.